The standard InChI is InChI=1S/C24H19BrN8O2/c1-31-22-16(5-6-27-29-22)21(30-31)20-19(23(34)28-24(20)35)17-12-33(9-2-8-32-10-7-26-13-32)18-11-14(25)3-4-15(17)18/h3-7,10-13H,2,8-9H2,1H3,(H,28,34,35). The molecule has 5 heterocycles. The summed E-state index contributed by atoms with van der Waals surface area (Å²) < 4.78 is 6.64. The van der Waals surface area contributed by atoms with Crippen molar-refractivity contribution in [2.45, 2.75) is 19.5 Å². The van der Waals surface area contributed by atoms with Crippen LogP contribution in [0.1, 0.15) is 17.7 Å². The normalized spacial score (nSPS) is 14.0. The van der Waals surface area contributed by atoms with E-state index in [4.69, 9.17) is 0 Å². The van der Waals surface area contributed by atoms with Gasteiger partial charge in [0.2, 0.25) is 0 Å². The number of halogens is 1. The Balaban J connectivity index is 1.51. The largest absolute Gasteiger partial charge is 0.347 e. The lowest BCUT2D eigenvalue weighted by Gasteiger charge is -2.06. The van der Waals surface area contributed by atoms with E-state index in [2.05, 4.69) is 46.1 Å². The van der Waals surface area contributed by atoms with E-state index < -0.39 is 11.8 Å². The van der Waals surface area contributed by atoms with Crippen molar-refractivity contribution < 1.29 is 9.59 Å². The molecule has 174 valence electrons. The zero-order valence-corrected chi connectivity index (χ0v) is 20.2. The van der Waals surface area contributed by atoms with Gasteiger partial charge in [-0.15, -0.1) is 5.10 Å². The van der Waals surface area contributed by atoms with Crippen LogP contribution in [-0.4, -0.2) is 45.9 Å². The summed E-state index contributed by atoms with van der Waals surface area (Å²) in [4.78, 5) is 30.2. The second-order valence-corrected chi connectivity index (χ2v) is 9.24. The third-order valence-electron chi connectivity index (χ3n) is 6.17. The minimum Gasteiger partial charge on any atom is -0.347 e. The Kier molecular flexibility index (Phi) is 5.06. The Morgan fingerprint density at radius 3 is 2.71 bits per heavy atom. The number of nitrogens with one attached hydrogen (secondary N) is 1. The number of nitrogens with zero attached hydrogens (tertiary/aromatic N) is 7. The molecule has 0 saturated heterocycles. The van der Waals surface area contributed by atoms with Gasteiger partial charge in [-0.2, -0.15) is 10.2 Å². The number of hydrogen-bond donors (Lipinski definition) is 1. The molecule has 0 saturated carbocycles. The Labute approximate surface area is 207 Å². The van der Waals surface area contributed by atoms with Crippen LogP contribution in [0.25, 0.3) is 33.1 Å². The summed E-state index contributed by atoms with van der Waals surface area (Å²) in [5.41, 5.74) is 3.16. The van der Waals surface area contributed by atoms with Gasteiger partial charge in [-0.25, -0.2) is 9.67 Å². The molecule has 0 spiro atoms. The number of imidazole rings is 1. The van der Waals surface area contributed by atoms with Gasteiger partial charge in [0.1, 0.15) is 5.69 Å². The Morgan fingerprint density at radius 1 is 1.03 bits per heavy atom. The number of benzene rings is 1. The fourth-order valence-corrected chi connectivity index (χ4v) is 4.96. The first-order valence-corrected chi connectivity index (χ1v) is 11.8. The molecule has 10 nitrogen and oxygen atoms in total. The fourth-order valence-electron chi connectivity index (χ4n) is 4.61. The van der Waals surface area contributed by atoms with E-state index in [1.54, 1.807) is 36.5 Å². The van der Waals surface area contributed by atoms with Crippen molar-refractivity contribution in [3.05, 3.63) is 71.1 Å². The number of aromatic nitrogens is 7. The van der Waals surface area contributed by atoms with Gasteiger partial charge in [-0.05, 0) is 24.6 Å². The smallest absolute Gasteiger partial charge is 0.261 e. The SMILES string of the molecule is Cn1nc(C2=C(c3cn(CCCn4ccnc4)c4cc(Br)ccc34)C(=O)NC2=O)c2ccnnc21. The highest BCUT2D eigenvalue weighted by atomic mass is 79.9. The molecule has 2 amide bonds. The molecule has 0 radical (unpaired) electrons. The van der Waals surface area contributed by atoms with E-state index >= 15 is 0 Å². The number of fused-ring (bicyclic) bond motifs is 2. The third-order valence-corrected chi connectivity index (χ3v) is 6.66. The first-order chi connectivity index (χ1) is 17.0. The molecule has 0 atom stereocenters. The van der Waals surface area contributed by atoms with Crippen LogP contribution < -0.4 is 5.32 Å². The van der Waals surface area contributed by atoms with Crippen LogP contribution in [0.3, 0.4) is 0 Å². The van der Waals surface area contributed by atoms with Crippen molar-refractivity contribution in [3.63, 3.8) is 0 Å². The fraction of sp³-hybridized carbons (Fsp3) is 0.167. The molecule has 1 aliphatic rings. The number of amides is 2. The summed E-state index contributed by atoms with van der Waals surface area (Å²) in [6.07, 6.45) is 9.85. The van der Waals surface area contributed by atoms with Crippen molar-refractivity contribution in [3.8, 4) is 0 Å². The van der Waals surface area contributed by atoms with Crippen LogP contribution in [0.15, 0.2) is 59.9 Å². The first kappa shape index (κ1) is 21.4. The van der Waals surface area contributed by atoms with Crippen molar-refractivity contribution in [1.82, 2.24) is 39.4 Å². The summed E-state index contributed by atoms with van der Waals surface area (Å²) in [5.74, 6) is -0.911. The van der Waals surface area contributed by atoms with Gasteiger partial charge in [0.25, 0.3) is 11.8 Å². The molecule has 0 unspecified atom stereocenters. The second kappa shape index (κ2) is 8.27. The van der Waals surface area contributed by atoms with Gasteiger partial charge in [-0.3, -0.25) is 14.9 Å². The van der Waals surface area contributed by atoms with Gasteiger partial charge >= 0.3 is 0 Å². The molecule has 1 N–H and O–H groups in total. The van der Waals surface area contributed by atoms with E-state index in [9.17, 15) is 9.59 Å². The van der Waals surface area contributed by atoms with E-state index in [1.807, 2.05) is 35.2 Å². The average Bonchev–Trinajstić information content (AvgIpc) is 3.61. The van der Waals surface area contributed by atoms with Crippen molar-refractivity contribution in [2.24, 2.45) is 7.05 Å². The number of carbonyl (C=O) groups is 2. The van der Waals surface area contributed by atoms with Crippen molar-refractivity contribution >= 4 is 60.8 Å². The zero-order chi connectivity index (χ0) is 24.1. The summed E-state index contributed by atoms with van der Waals surface area (Å²) in [6, 6.07) is 7.67. The highest BCUT2D eigenvalue weighted by molar-refractivity contribution is 9.10. The third kappa shape index (κ3) is 3.55. The maximum Gasteiger partial charge on any atom is 0.261 e. The molecule has 5 aromatic rings. The van der Waals surface area contributed by atoms with E-state index in [-0.39, 0.29) is 5.57 Å². The molecule has 1 aliphatic heterocycles. The summed E-state index contributed by atoms with van der Waals surface area (Å²) in [7, 11) is 1.74. The van der Waals surface area contributed by atoms with Gasteiger partial charge in [0.15, 0.2) is 5.65 Å². The zero-order valence-electron chi connectivity index (χ0n) is 18.6. The van der Waals surface area contributed by atoms with Gasteiger partial charge in [0.05, 0.1) is 29.1 Å². The summed E-state index contributed by atoms with van der Waals surface area (Å²) in [6.45, 7) is 1.54. The van der Waals surface area contributed by atoms with Crippen LogP contribution in [0.5, 0.6) is 0 Å². The lowest BCUT2D eigenvalue weighted by molar-refractivity contribution is -0.122. The van der Waals surface area contributed by atoms with Crippen LogP contribution in [0.2, 0.25) is 0 Å². The Bertz CT molecular complexity index is 1660. The lowest BCUT2D eigenvalue weighted by atomic mass is 9.98. The predicted octanol–water partition coefficient (Wildman–Crippen LogP) is 2.93. The minimum absolute atomic E-state index is 0.244. The van der Waals surface area contributed by atoms with Crippen molar-refractivity contribution in [2.75, 3.05) is 0 Å². The molecule has 4 aromatic heterocycles. The molecule has 0 aliphatic carbocycles. The first-order valence-electron chi connectivity index (χ1n) is 11.0. The van der Waals surface area contributed by atoms with Crippen LogP contribution in [-0.2, 0) is 29.7 Å². The van der Waals surface area contributed by atoms with Crippen LogP contribution in [0, 0.1) is 0 Å². The summed E-state index contributed by atoms with van der Waals surface area (Å²) >= 11 is 3.56. The predicted molar refractivity (Wildman–Crippen MR) is 133 cm³/mol. The minimum atomic E-state index is -0.472. The molecule has 1 aromatic carbocycles. The number of aryl methyl sites for hydroxylation is 3. The molecular formula is C24H19BrN8O2. The number of rotatable bonds is 6. The molecule has 0 fully saturated rings. The number of imide groups is 1. The molecular weight excluding hydrogens is 512 g/mol. The van der Waals surface area contributed by atoms with Crippen LogP contribution in [0.4, 0.5) is 0 Å². The average molecular weight is 531 g/mol. The van der Waals surface area contributed by atoms with E-state index in [0.717, 1.165) is 34.9 Å². The Hall–Kier alpha value is -4.12. The molecule has 0 bridgehead atoms. The summed E-state index contributed by atoms with van der Waals surface area (Å²) in [5, 5.41) is 16.6. The van der Waals surface area contributed by atoms with E-state index in [1.165, 1.54) is 0 Å². The molecule has 11 heteroatoms. The van der Waals surface area contributed by atoms with Crippen LogP contribution >= 0.6 is 15.9 Å². The number of carbonyl (C=O) groups excluding carboxylic acids is 2. The molecule has 6 rings (SSSR count). The maximum atomic E-state index is 13.1. The van der Waals surface area contributed by atoms with Gasteiger partial charge in [0, 0.05) is 59.7 Å². The van der Waals surface area contributed by atoms with Crippen molar-refractivity contribution in [1.29, 1.82) is 0 Å². The number of hydrogen-bond acceptors (Lipinski definition) is 6. The monoisotopic (exact) mass is 530 g/mol. The quantitative estimate of drug-likeness (QED) is 0.338. The van der Waals surface area contributed by atoms with E-state index in [0.29, 0.717) is 27.9 Å². The maximum absolute atomic E-state index is 13.1. The van der Waals surface area contributed by atoms with Gasteiger partial charge in [-0.1, -0.05) is 22.0 Å². The topological polar surface area (TPSA) is 113 Å². The highest BCUT2D eigenvalue weighted by Gasteiger charge is 2.36. The Morgan fingerprint density at radius 2 is 1.89 bits per heavy atom. The second-order valence-electron chi connectivity index (χ2n) is 8.33. The van der Waals surface area contributed by atoms with Gasteiger partial charge < -0.3 is 9.13 Å². The molecule has 35 heavy (non-hydrogen) atoms. The highest BCUT2D eigenvalue weighted by Crippen LogP contribution is 2.38. The lowest BCUT2D eigenvalue weighted by Crippen LogP contribution is -2.22.